The molecule has 0 spiro atoms. The van der Waals surface area contributed by atoms with Gasteiger partial charge in [-0.2, -0.15) is 0 Å². The number of amides is 1. The average Bonchev–Trinajstić information content (AvgIpc) is 2.99. The predicted molar refractivity (Wildman–Crippen MR) is 87.9 cm³/mol. The Morgan fingerprint density at radius 3 is 2.52 bits per heavy atom. The monoisotopic (exact) mass is 306 g/mol. The highest BCUT2D eigenvalue weighted by atomic mass is 16.1. The molecule has 1 atom stereocenters. The number of nitrogens with one attached hydrogen (secondary N) is 1. The molecule has 1 amide bonds. The highest BCUT2D eigenvalue weighted by molar-refractivity contribution is 5.94. The van der Waals surface area contributed by atoms with E-state index in [1.54, 1.807) is 18.5 Å². The molecule has 0 aliphatic heterocycles. The quantitative estimate of drug-likeness (QED) is 0.806. The second-order valence-electron chi connectivity index (χ2n) is 5.40. The van der Waals surface area contributed by atoms with Crippen LogP contribution in [0.25, 0.3) is 0 Å². The van der Waals surface area contributed by atoms with Crippen LogP contribution in [0.1, 0.15) is 33.5 Å². The van der Waals surface area contributed by atoms with Crippen molar-refractivity contribution in [1.82, 2.24) is 19.9 Å². The Bertz CT molecular complexity index is 793. The highest BCUT2D eigenvalue weighted by Gasteiger charge is 2.21. The zero-order valence-corrected chi connectivity index (χ0v) is 13.1. The molecule has 0 bridgehead atoms. The standard InChI is InChI=1S/C18H18N4O/c1-13-8-9-15(12-20-13)18(23)21-16(14-6-4-3-5-7-14)17-19-10-11-22(17)2/h3-12,16H,1-2H3,(H,21,23)/t16-/m0/s1. The summed E-state index contributed by atoms with van der Waals surface area (Å²) in [5, 5.41) is 3.05. The number of hydrogen-bond acceptors (Lipinski definition) is 3. The van der Waals surface area contributed by atoms with Crippen LogP contribution in [0.4, 0.5) is 0 Å². The van der Waals surface area contributed by atoms with E-state index in [1.807, 2.05) is 61.1 Å². The van der Waals surface area contributed by atoms with E-state index in [1.165, 1.54) is 0 Å². The van der Waals surface area contributed by atoms with Crippen molar-refractivity contribution in [2.75, 3.05) is 0 Å². The third-order valence-corrected chi connectivity index (χ3v) is 3.70. The number of rotatable bonds is 4. The van der Waals surface area contributed by atoms with Crippen molar-refractivity contribution in [1.29, 1.82) is 0 Å². The van der Waals surface area contributed by atoms with Gasteiger partial charge in [0.1, 0.15) is 11.9 Å². The van der Waals surface area contributed by atoms with E-state index in [-0.39, 0.29) is 11.9 Å². The molecule has 5 nitrogen and oxygen atoms in total. The van der Waals surface area contributed by atoms with Crippen molar-refractivity contribution in [2.45, 2.75) is 13.0 Å². The molecule has 0 aliphatic carbocycles. The first-order chi connectivity index (χ1) is 11.1. The minimum absolute atomic E-state index is 0.172. The fraction of sp³-hybridized carbons (Fsp3) is 0.167. The molecule has 23 heavy (non-hydrogen) atoms. The van der Waals surface area contributed by atoms with E-state index in [9.17, 15) is 4.79 Å². The number of aryl methyl sites for hydroxylation is 2. The lowest BCUT2D eigenvalue weighted by Gasteiger charge is -2.19. The maximum absolute atomic E-state index is 12.6. The Hall–Kier alpha value is -2.95. The number of nitrogens with zero attached hydrogens (tertiary/aromatic N) is 3. The second kappa shape index (κ2) is 6.44. The summed E-state index contributed by atoms with van der Waals surface area (Å²) in [5.74, 6) is 0.610. The first kappa shape index (κ1) is 15.0. The van der Waals surface area contributed by atoms with E-state index in [2.05, 4.69) is 15.3 Å². The Morgan fingerprint density at radius 1 is 1.13 bits per heavy atom. The first-order valence-corrected chi connectivity index (χ1v) is 7.41. The number of benzene rings is 1. The molecule has 3 rings (SSSR count). The fourth-order valence-electron chi connectivity index (χ4n) is 2.41. The Balaban J connectivity index is 1.92. The lowest BCUT2D eigenvalue weighted by molar-refractivity contribution is 0.0941. The molecular weight excluding hydrogens is 288 g/mol. The third-order valence-electron chi connectivity index (χ3n) is 3.70. The van der Waals surface area contributed by atoms with Crippen LogP contribution in [0.3, 0.4) is 0 Å². The van der Waals surface area contributed by atoms with Gasteiger partial charge in [-0.3, -0.25) is 9.78 Å². The summed E-state index contributed by atoms with van der Waals surface area (Å²) in [6, 6.07) is 13.1. The maximum Gasteiger partial charge on any atom is 0.253 e. The molecule has 1 aromatic carbocycles. The van der Waals surface area contributed by atoms with Gasteiger partial charge >= 0.3 is 0 Å². The van der Waals surface area contributed by atoms with Crippen LogP contribution >= 0.6 is 0 Å². The van der Waals surface area contributed by atoms with Gasteiger partial charge in [0, 0.05) is 31.3 Å². The van der Waals surface area contributed by atoms with E-state index in [0.29, 0.717) is 5.56 Å². The van der Waals surface area contributed by atoms with Crippen molar-refractivity contribution < 1.29 is 4.79 Å². The van der Waals surface area contributed by atoms with Gasteiger partial charge in [0.2, 0.25) is 0 Å². The maximum atomic E-state index is 12.6. The largest absolute Gasteiger partial charge is 0.338 e. The smallest absolute Gasteiger partial charge is 0.253 e. The van der Waals surface area contributed by atoms with Crippen LogP contribution in [-0.2, 0) is 7.05 Å². The molecule has 0 saturated carbocycles. The molecular formula is C18H18N4O. The normalized spacial score (nSPS) is 11.9. The Kier molecular flexibility index (Phi) is 4.19. The van der Waals surface area contributed by atoms with E-state index in [0.717, 1.165) is 17.1 Å². The summed E-state index contributed by atoms with van der Waals surface area (Å²) in [6.45, 7) is 1.89. The van der Waals surface area contributed by atoms with Gasteiger partial charge in [0.25, 0.3) is 5.91 Å². The minimum Gasteiger partial charge on any atom is -0.338 e. The fourth-order valence-corrected chi connectivity index (χ4v) is 2.41. The molecule has 0 radical (unpaired) electrons. The van der Waals surface area contributed by atoms with Crippen LogP contribution in [0.15, 0.2) is 61.1 Å². The molecule has 1 N–H and O–H groups in total. The summed E-state index contributed by atoms with van der Waals surface area (Å²) in [7, 11) is 1.91. The van der Waals surface area contributed by atoms with Gasteiger partial charge in [-0.1, -0.05) is 30.3 Å². The van der Waals surface area contributed by atoms with Crippen LogP contribution in [-0.4, -0.2) is 20.4 Å². The summed E-state index contributed by atoms with van der Waals surface area (Å²) in [4.78, 5) is 21.1. The highest BCUT2D eigenvalue weighted by Crippen LogP contribution is 2.20. The van der Waals surface area contributed by atoms with Gasteiger partial charge < -0.3 is 9.88 Å². The third kappa shape index (κ3) is 3.29. The molecule has 0 unspecified atom stereocenters. The van der Waals surface area contributed by atoms with Crippen LogP contribution < -0.4 is 5.32 Å². The average molecular weight is 306 g/mol. The minimum atomic E-state index is -0.315. The lowest BCUT2D eigenvalue weighted by atomic mass is 10.1. The van der Waals surface area contributed by atoms with Crippen LogP contribution in [0.5, 0.6) is 0 Å². The summed E-state index contributed by atoms with van der Waals surface area (Å²) in [6.07, 6.45) is 5.18. The van der Waals surface area contributed by atoms with Crippen molar-refractivity contribution in [3.8, 4) is 0 Å². The molecule has 2 aromatic heterocycles. The summed E-state index contributed by atoms with van der Waals surface area (Å²) in [5.41, 5.74) is 2.39. The van der Waals surface area contributed by atoms with Gasteiger partial charge in [0.15, 0.2) is 0 Å². The van der Waals surface area contributed by atoms with Gasteiger partial charge in [-0.25, -0.2) is 4.98 Å². The molecule has 0 aliphatic rings. The SMILES string of the molecule is Cc1ccc(C(=O)N[C@@H](c2ccccc2)c2nccn2C)cn1. The summed E-state index contributed by atoms with van der Waals surface area (Å²) < 4.78 is 1.91. The lowest BCUT2D eigenvalue weighted by Crippen LogP contribution is -2.31. The second-order valence-corrected chi connectivity index (χ2v) is 5.40. The Morgan fingerprint density at radius 2 is 1.91 bits per heavy atom. The van der Waals surface area contributed by atoms with Gasteiger partial charge in [0.05, 0.1) is 5.56 Å². The van der Waals surface area contributed by atoms with Gasteiger partial charge in [-0.05, 0) is 24.6 Å². The zero-order valence-electron chi connectivity index (χ0n) is 13.1. The molecule has 5 heteroatoms. The van der Waals surface area contributed by atoms with Gasteiger partial charge in [-0.15, -0.1) is 0 Å². The van der Waals surface area contributed by atoms with Crippen LogP contribution in [0.2, 0.25) is 0 Å². The molecule has 3 aromatic rings. The topological polar surface area (TPSA) is 59.8 Å². The molecule has 0 saturated heterocycles. The van der Waals surface area contributed by atoms with Crippen molar-refractivity contribution in [3.63, 3.8) is 0 Å². The molecule has 2 heterocycles. The number of pyridine rings is 1. The zero-order chi connectivity index (χ0) is 16.2. The number of imidazole rings is 1. The van der Waals surface area contributed by atoms with Crippen molar-refractivity contribution in [3.05, 3.63) is 83.7 Å². The summed E-state index contributed by atoms with van der Waals surface area (Å²) >= 11 is 0. The predicted octanol–water partition coefficient (Wildman–Crippen LogP) is 2.64. The van der Waals surface area contributed by atoms with E-state index >= 15 is 0 Å². The van der Waals surface area contributed by atoms with Crippen LogP contribution in [0, 0.1) is 6.92 Å². The molecule has 0 fully saturated rings. The van der Waals surface area contributed by atoms with Crippen molar-refractivity contribution in [2.24, 2.45) is 7.05 Å². The Labute approximate surface area is 135 Å². The number of carbonyl (C=O) groups is 1. The van der Waals surface area contributed by atoms with Crippen molar-refractivity contribution >= 4 is 5.91 Å². The van der Waals surface area contributed by atoms with E-state index in [4.69, 9.17) is 0 Å². The number of carbonyl (C=O) groups excluding carboxylic acids is 1. The molecule has 116 valence electrons. The number of hydrogen-bond donors (Lipinski definition) is 1. The first-order valence-electron chi connectivity index (χ1n) is 7.41. The van der Waals surface area contributed by atoms with E-state index < -0.39 is 0 Å². The number of aromatic nitrogens is 3.